The summed E-state index contributed by atoms with van der Waals surface area (Å²) in [5.41, 5.74) is 5.23. The highest BCUT2D eigenvalue weighted by atomic mass is 35.5. The number of imidazole rings is 1. The van der Waals surface area contributed by atoms with E-state index in [9.17, 15) is 5.26 Å². The zero-order chi connectivity index (χ0) is 16.4. The lowest BCUT2D eigenvalue weighted by Crippen LogP contribution is -2.09. The quantitative estimate of drug-likeness (QED) is 0.571. The predicted molar refractivity (Wildman–Crippen MR) is 92.9 cm³/mol. The van der Waals surface area contributed by atoms with Crippen LogP contribution in [0.3, 0.4) is 0 Å². The number of aryl methyl sites for hydroxylation is 1. The number of aromatic nitrogens is 2. The van der Waals surface area contributed by atoms with Gasteiger partial charge in [-0.1, -0.05) is 35.3 Å². The number of hydrazone groups is 1. The van der Waals surface area contributed by atoms with E-state index in [-0.39, 0.29) is 5.71 Å². The largest absolute Gasteiger partial charge is 0.325 e. The number of hydrogen-bond acceptors (Lipinski definition) is 4. The van der Waals surface area contributed by atoms with Crippen LogP contribution in [-0.2, 0) is 7.05 Å². The molecule has 0 fully saturated rings. The second-order valence-electron chi connectivity index (χ2n) is 4.79. The highest BCUT2D eigenvalue weighted by Crippen LogP contribution is 2.25. The maximum atomic E-state index is 9.39. The van der Waals surface area contributed by atoms with Gasteiger partial charge in [-0.2, -0.15) is 10.4 Å². The van der Waals surface area contributed by atoms with Gasteiger partial charge >= 0.3 is 0 Å². The lowest BCUT2D eigenvalue weighted by atomic mass is 10.3. The van der Waals surface area contributed by atoms with Crippen molar-refractivity contribution < 1.29 is 0 Å². The van der Waals surface area contributed by atoms with Gasteiger partial charge in [0.2, 0.25) is 5.71 Å². The van der Waals surface area contributed by atoms with Gasteiger partial charge in [0.05, 0.1) is 21.7 Å². The molecule has 0 spiro atoms. The van der Waals surface area contributed by atoms with Gasteiger partial charge in [-0.3, -0.25) is 5.43 Å². The number of para-hydroxylation sites is 2. The molecule has 0 aliphatic carbocycles. The molecule has 114 valence electrons. The van der Waals surface area contributed by atoms with Crippen LogP contribution in [0, 0.1) is 11.3 Å². The van der Waals surface area contributed by atoms with Crippen LogP contribution in [0.1, 0.15) is 5.82 Å². The Bertz CT molecular complexity index is 953. The predicted octanol–water partition coefficient (Wildman–Crippen LogP) is 4.22. The van der Waals surface area contributed by atoms with E-state index in [2.05, 4.69) is 21.6 Å². The van der Waals surface area contributed by atoms with Crippen molar-refractivity contribution in [2.45, 2.75) is 0 Å². The average molecular weight is 344 g/mol. The third-order valence-corrected chi connectivity index (χ3v) is 3.87. The fourth-order valence-electron chi connectivity index (χ4n) is 2.18. The molecule has 1 aromatic heterocycles. The van der Waals surface area contributed by atoms with Crippen LogP contribution in [0.15, 0.2) is 47.6 Å². The Balaban J connectivity index is 1.98. The molecule has 3 rings (SSSR count). The highest BCUT2D eigenvalue weighted by molar-refractivity contribution is 6.36. The monoisotopic (exact) mass is 343 g/mol. The van der Waals surface area contributed by atoms with Gasteiger partial charge in [0.25, 0.3) is 0 Å². The molecule has 0 amide bonds. The molecule has 0 unspecified atom stereocenters. The Hall–Kier alpha value is -2.55. The van der Waals surface area contributed by atoms with Crippen LogP contribution in [-0.4, -0.2) is 15.3 Å². The second kappa shape index (κ2) is 6.29. The zero-order valence-electron chi connectivity index (χ0n) is 12.1. The average Bonchev–Trinajstić information content (AvgIpc) is 2.87. The number of benzene rings is 2. The van der Waals surface area contributed by atoms with E-state index in [0.717, 1.165) is 11.0 Å². The number of anilines is 1. The molecule has 0 bridgehead atoms. The number of nitrogens with one attached hydrogen (secondary N) is 1. The fourth-order valence-corrected chi connectivity index (χ4v) is 2.63. The van der Waals surface area contributed by atoms with Crippen LogP contribution >= 0.6 is 23.2 Å². The number of rotatable bonds is 3. The Morgan fingerprint density at radius 2 is 2.04 bits per heavy atom. The van der Waals surface area contributed by atoms with E-state index in [0.29, 0.717) is 21.6 Å². The van der Waals surface area contributed by atoms with Crippen LogP contribution in [0.2, 0.25) is 10.0 Å². The third kappa shape index (κ3) is 3.00. The van der Waals surface area contributed by atoms with Gasteiger partial charge in [-0.25, -0.2) is 4.98 Å². The van der Waals surface area contributed by atoms with E-state index >= 15 is 0 Å². The number of nitrogens with zero attached hydrogens (tertiary/aromatic N) is 4. The van der Waals surface area contributed by atoms with E-state index in [4.69, 9.17) is 23.2 Å². The number of halogens is 2. The molecule has 0 aliphatic heterocycles. The number of fused-ring (bicyclic) bond motifs is 1. The van der Waals surface area contributed by atoms with Crippen molar-refractivity contribution in [2.24, 2.45) is 12.1 Å². The molecule has 0 radical (unpaired) electrons. The zero-order valence-corrected chi connectivity index (χ0v) is 13.6. The van der Waals surface area contributed by atoms with E-state index < -0.39 is 0 Å². The van der Waals surface area contributed by atoms with Crippen LogP contribution in [0.5, 0.6) is 0 Å². The first-order chi connectivity index (χ1) is 11.1. The number of hydrogen-bond donors (Lipinski definition) is 1. The summed E-state index contributed by atoms with van der Waals surface area (Å²) in [4.78, 5) is 4.45. The summed E-state index contributed by atoms with van der Waals surface area (Å²) in [5, 5.41) is 14.5. The maximum absolute atomic E-state index is 9.39. The van der Waals surface area contributed by atoms with Crippen molar-refractivity contribution in [2.75, 3.05) is 5.43 Å². The highest BCUT2D eigenvalue weighted by Gasteiger charge is 2.13. The molecule has 0 saturated carbocycles. The minimum atomic E-state index is 0.162. The van der Waals surface area contributed by atoms with Gasteiger partial charge in [0, 0.05) is 12.1 Å². The topological polar surface area (TPSA) is 66.0 Å². The van der Waals surface area contributed by atoms with E-state index in [1.165, 1.54) is 0 Å². The summed E-state index contributed by atoms with van der Waals surface area (Å²) in [6, 6.07) is 14.7. The van der Waals surface area contributed by atoms with Crippen molar-refractivity contribution in [1.29, 1.82) is 5.26 Å². The van der Waals surface area contributed by atoms with Crippen molar-refractivity contribution in [3.05, 3.63) is 58.3 Å². The van der Waals surface area contributed by atoms with Crippen LogP contribution in [0.4, 0.5) is 5.69 Å². The Kier molecular flexibility index (Phi) is 4.20. The molecular formula is C16H11Cl2N5. The Labute approximate surface area is 142 Å². The first kappa shape index (κ1) is 15.3. The molecule has 3 aromatic rings. The summed E-state index contributed by atoms with van der Waals surface area (Å²) in [6.07, 6.45) is 0. The molecular weight excluding hydrogens is 333 g/mol. The third-order valence-electron chi connectivity index (χ3n) is 3.32. The number of nitriles is 1. The van der Waals surface area contributed by atoms with Crippen molar-refractivity contribution >= 4 is 45.6 Å². The van der Waals surface area contributed by atoms with E-state index in [1.807, 2.05) is 35.9 Å². The molecule has 23 heavy (non-hydrogen) atoms. The van der Waals surface area contributed by atoms with Crippen molar-refractivity contribution in [3.63, 3.8) is 0 Å². The molecule has 7 heteroatoms. The molecule has 0 saturated heterocycles. The Morgan fingerprint density at radius 1 is 1.26 bits per heavy atom. The minimum Gasteiger partial charge on any atom is -0.325 e. The SMILES string of the molecule is Cn1c(/C(C#N)=N/Nc2ccc(Cl)cc2Cl)nc2ccccc21. The lowest BCUT2D eigenvalue weighted by molar-refractivity contribution is 0.929. The van der Waals surface area contributed by atoms with Crippen LogP contribution < -0.4 is 5.43 Å². The van der Waals surface area contributed by atoms with Crippen LogP contribution in [0.25, 0.3) is 11.0 Å². The molecule has 1 heterocycles. The molecule has 0 aliphatic rings. The van der Waals surface area contributed by atoms with Gasteiger partial charge < -0.3 is 4.57 Å². The van der Waals surface area contributed by atoms with Gasteiger partial charge in [0.1, 0.15) is 6.07 Å². The molecule has 2 aromatic carbocycles. The molecule has 0 atom stereocenters. The smallest absolute Gasteiger partial charge is 0.203 e. The van der Waals surface area contributed by atoms with E-state index in [1.54, 1.807) is 18.2 Å². The molecule has 1 N–H and O–H groups in total. The maximum Gasteiger partial charge on any atom is 0.203 e. The fraction of sp³-hybridized carbons (Fsp3) is 0.0625. The standard InChI is InChI=1S/C16H11Cl2N5/c1-23-15-5-3-2-4-13(15)20-16(23)14(9-19)22-21-12-7-6-10(17)8-11(12)18/h2-8,21H,1H3/b22-14+. The first-order valence-corrected chi connectivity index (χ1v) is 7.46. The van der Waals surface area contributed by atoms with Gasteiger partial charge in [-0.15, -0.1) is 0 Å². The summed E-state index contributed by atoms with van der Waals surface area (Å²) in [6.45, 7) is 0. The summed E-state index contributed by atoms with van der Waals surface area (Å²) in [5.74, 6) is 0.478. The summed E-state index contributed by atoms with van der Waals surface area (Å²) in [7, 11) is 1.84. The summed E-state index contributed by atoms with van der Waals surface area (Å²) < 4.78 is 1.82. The Morgan fingerprint density at radius 3 is 2.74 bits per heavy atom. The summed E-state index contributed by atoms with van der Waals surface area (Å²) >= 11 is 11.9. The second-order valence-corrected chi connectivity index (χ2v) is 5.63. The lowest BCUT2D eigenvalue weighted by Gasteiger charge is -2.05. The first-order valence-electron chi connectivity index (χ1n) is 6.71. The normalized spacial score (nSPS) is 11.5. The van der Waals surface area contributed by atoms with Gasteiger partial charge in [-0.05, 0) is 30.3 Å². The van der Waals surface area contributed by atoms with Gasteiger partial charge in [0.15, 0.2) is 5.82 Å². The molecule has 5 nitrogen and oxygen atoms in total. The van der Waals surface area contributed by atoms with Crippen molar-refractivity contribution in [1.82, 2.24) is 9.55 Å². The minimum absolute atomic E-state index is 0.162. The van der Waals surface area contributed by atoms with Crippen molar-refractivity contribution in [3.8, 4) is 6.07 Å².